The molecule has 1 rings (SSSR count). The van der Waals surface area contributed by atoms with E-state index in [-0.39, 0.29) is 13.2 Å². The molecule has 0 aromatic carbocycles. The maximum atomic E-state index is 12.6. The normalized spacial score (nSPS) is 16.5. The molecule has 1 amide bonds. The highest BCUT2D eigenvalue weighted by Crippen LogP contribution is 2.17. The Balaban J connectivity index is 2.98. The van der Waals surface area contributed by atoms with E-state index in [2.05, 4.69) is 17.2 Å². The number of aliphatic imine (C=N–C) groups is 1. The molecule has 7 heteroatoms. The number of carbonyl (C=O) groups is 2. The number of nitrogens with zero attached hydrogens (tertiary/aromatic N) is 2. The van der Waals surface area contributed by atoms with E-state index in [1.54, 1.807) is 34.6 Å². The van der Waals surface area contributed by atoms with E-state index in [9.17, 15) is 9.59 Å². The maximum absolute atomic E-state index is 12.6. The van der Waals surface area contributed by atoms with Crippen molar-refractivity contribution in [2.45, 2.75) is 72.8 Å². The SMILES string of the molecule is CCCCCCN=C1NC(C)=C(C(=O)OCC)CN1C(=O)OC(C)(C)C. The number of unbranched alkanes of at least 4 members (excludes halogenated alkanes) is 3. The van der Waals surface area contributed by atoms with Crippen LogP contribution in [-0.4, -0.2) is 48.2 Å². The number of ether oxygens (including phenoxy) is 2. The number of hydrogen-bond donors (Lipinski definition) is 1. The van der Waals surface area contributed by atoms with E-state index in [0.29, 0.717) is 23.8 Å². The third-order valence-electron chi connectivity index (χ3n) is 3.73. The van der Waals surface area contributed by atoms with Gasteiger partial charge in [0.2, 0.25) is 5.96 Å². The lowest BCUT2D eigenvalue weighted by molar-refractivity contribution is -0.138. The van der Waals surface area contributed by atoms with Crippen molar-refractivity contribution < 1.29 is 19.1 Å². The van der Waals surface area contributed by atoms with Crippen LogP contribution in [0.2, 0.25) is 0 Å². The number of esters is 1. The molecule has 0 radical (unpaired) electrons. The Morgan fingerprint density at radius 2 is 1.88 bits per heavy atom. The average molecular weight is 367 g/mol. The third kappa shape index (κ3) is 7.06. The summed E-state index contributed by atoms with van der Waals surface area (Å²) in [5, 5.41) is 3.07. The molecule has 7 nitrogen and oxygen atoms in total. The molecule has 0 fully saturated rings. The number of allylic oxidation sites excluding steroid dienone is 1. The molecule has 148 valence electrons. The summed E-state index contributed by atoms with van der Waals surface area (Å²) in [6.07, 6.45) is 3.84. The quantitative estimate of drug-likeness (QED) is 0.549. The minimum absolute atomic E-state index is 0.0837. The summed E-state index contributed by atoms with van der Waals surface area (Å²) < 4.78 is 10.6. The topological polar surface area (TPSA) is 80.2 Å². The maximum Gasteiger partial charge on any atom is 0.417 e. The van der Waals surface area contributed by atoms with E-state index < -0.39 is 17.7 Å². The van der Waals surface area contributed by atoms with Crippen LogP contribution in [0.5, 0.6) is 0 Å². The number of guanidine groups is 1. The van der Waals surface area contributed by atoms with Crippen LogP contribution >= 0.6 is 0 Å². The summed E-state index contributed by atoms with van der Waals surface area (Å²) in [6, 6.07) is 0. The monoisotopic (exact) mass is 367 g/mol. The second kappa shape index (κ2) is 10.2. The van der Waals surface area contributed by atoms with Gasteiger partial charge in [-0.05, 0) is 41.0 Å². The zero-order valence-corrected chi connectivity index (χ0v) is 17.0. The zero-order chi connectivity index (χ0) is 19.7. The molecule has 1 aliphatic rings. The first-order chi connectivity index (χ1) is 12.2. The van der Waals surface area contributed by atoms with E-state index in [1.807, 2.05) is 0 Å². The van der Waals surface area contributed by atoms with Gasteiger partial charge in [0, 0.05) is 12.2 Å². The summed E-state index contributed by atoms with van der Waals surface area (Å²) in [5.74, 6) is -0.0191. The van der Waals surface area contributed by atoms with Gasteiger partial charge in [-0.2, -0.15) is 0 Å². The lowest BCUT2D eigenvalue weighted by atomic mass is 10.1. The van der Waals surface area contributed by atoms with Crippen molar-refractivity contribution in [3.05, 3.63) is 11.3 Å². The minimum atomic E-state index is -0.635. The summed E-state index contributed by atoms with van der Waals surface area (Å²) in [5.41, 5.74) is 0.419. The van der Waals surface area contributed by atoms with E-state index in [1.165, 1.54) is 11.3 Å². The lowest BCUT2D eigenvalue weighted by Crippen LogP contribution is -2.52. The molecule has 1 heterocycles. The smallest absolute Gasteiger partial charge is 0.417 e. The Bertz CT molecular complexity index is 562. The number of nitrogens with one attached hydrogen (secondary N) is 1. The van der Waals surface area contributed by atoms with Crippen LogP contribution in [0.3, 0.4) is 0 Å². The van der Waals surface area contributed by atoms with E-state index >= 15 is 0 Å². The second-order valence-electron chi connectivity index (χ2n) is 7.28. The predicted octanol–water partition coefficient (Wildman–Crippen LogP) is 3.60. The lowest BCUT2D eigenvalue weighted by Gasteiger charge is -2.32. The van der Waals surface area contributed by atoms with Crippen LogP contribution in [0.4, 0.5) is 4.79 Å². The van der Waals surface area contributed by atoms with Crippen LogP contribution in [0.25, 0.3) is 0 Å². The van der Waals surface area contributed by atoms with Gasteiger partial charge < -0.3 is 14.8 Å². The minimum Gasteiger partial charge on any atom is -0.463 e. The molecule has 0 saturated heterocycles. The number of hydrogen-bond acceptors (Lipinski definition) is 5. The molecule has 0 unspecified atom stereocenters. The van der Waals surface area contributed by atoms with Gasteiger partial charge in [0.15, 0.2) is 0 Å². The van der Waals surface area contributed by atoms with Gasteiger partial charge in [0.05, 0.1) is 18.7 Å². The standard InChI is InChI=1S/C19H33N3O4/c1-7-9-10-11-12-20-17-21-14(3)15(16(23)25-8-2)13-22(17)18(24)26-19(4,5)6/h7-13H2,1-6H3,(H,20,21). The van der Waals surface area contributed by atoms with Crippen LogP contribution in [0.15, 0.2) is 16.3 Å². The van der Waals surface area contributed by atoms with Gasteiger partial charge >= 0.3 is 12.1 Å². The van der Waals surface area contributed by atoms with E-state index in [4.69, 9.17) is 9.47 Å². The molecule has 1 N–H and O–H groups in total. The summed E-state index contributed by atoms with van der Waals surface area (Å²) in [6.45, 7) is 12.1. The van der Waals surface area contributed by atoms with Crippen LogP contribution < -0.4 is 5.32 Å². The summed E-state index contributed by atoms with van der Waals surface area (Å²) >= 11 is 0. The molecule has 1 aliphatic heterocycles. The summed E-state index contributed by atoms with van der Waals surface area (Å²) in [7, 11) is 0. The Labute approximate surface area is 156 Å². The van der Waals surface area contributed by atoms with Crippen molar-refractivity contribution in [1.29, 1.82) is 0 Å². The van der Waals surface area contributed by atoms with Gasteiger partial charge in [-0.15, -0.1) is 0 Å². The highest BCUT2D eigenvalue weighted by molar-refractivity contribution is 6.01. The molecular weight excluding hydrogens is 334 g/mol. The molecule has 0 saturated carbocycles. The first-order valence-electron chi connectivity index (χ1n) is 9.38. The first kappa shape index (κ1) is 22.0. The number of rotatable bonds is 7. The van der Waals surface area contributed by atoms with Crippen LogP contribution in [0.1, 0.15) is 67.2 Å². The zero-order valence-electron chi connectivity index (χ0n) is 17.0. The molecular formula is C19H33N3O4. The van der Waals surface area contributed by atoms with Gasteiger partial charge in [0.1, 0.15) is 5.60 Å². The van der Waals surface area contributed by atoms with E-state index in [0.717, 1.165) is 19.3 Å². The fourth-order valence-corrected chi connectivity index (χ4v) is 2.41. The van der Waals surface area contributed by atoms with Crippen molar-refractivity contribution in [2.24, 2.45) is 4.99 Å². The number of amides is 1. The second-order valence-corrected chi connectivity index (χ2v) is 7.28. The van der Waals surface area contributed by atoms with Crippen LogP contribution in [-0.2, 0) is 14.3 Å². The Morgan fingerprint density at radius 3 is 2.46 bits per heavy atom. The van der Waals surface area contributed by atoms with Gasteiger partial charge in [0.25, 0.3) is 0 Å². The Kier molecular flexibility index (Phi) is 8.61. The molecule has 0 bridgehead atoms. The molecule has 0 spiro atoms. The van der Waals surface area contributed by atoms with Gasteiger partial charge in [-0.3, -0.25) is 4.99 Å². The predicted molar refractivity (Wildman–Crippen MR) is 102 cm³/mol. The Hall–Kier alpha value is -2.05. The van der Waals surface area contributed by atoms with Crippen molar-refractivity contribution in [3.8, 4) is 0 Å². The largest absolute Gasteiger partial charge is 0.463 e. The fourth-order valence-electron chi connectivity index (χ4n) is 2.41. The van der Waals surface area contributed by atoms with Crippen molar-refractivity contribution in [3.63, 3.8) is 0 Å². The molecule has 0 atom stereocenters. The van der Waals surface area contributed by atoms with Crippen LogP contribution in [0, 0.1) is 0 Å². The number of carbonyl (C=O) groups excluding carboxylic acids is 2. The van der Waals surface area contributed by atoms with Crippen molar-refractivity contribution >= 4 is 18.0 Å². The Morgan fingerprint density at radius 1 is 1.19 bits per heavy atom. The van der Waals surface area contributed by atoms with Crippen molar-refractivity contribution in [1.82, 2.24) is 10.2 Å². The van der Waals surface area contributed by atoms with Gasteiger partial charge in [-0.1, -0.05) is 26.2 Å². The van der Waals surface area contributed by atoms with Crippen molar-refractivity contribution in [2.75, 3.05) is 19.7 Å². The molecule has 26 heavy (non-hydrogen) atoms. The summed E-state index contributed by atoms with van der Waals surface area (Å²) in [4.78, 5) is 30.6. The molecule has 0 aromatic rings. The highest BCUT2D eigenvalue weighted by atomic mass is 16.6. The first-order valence-corrected chi connectivity index (χ1v) is 9.38. The van der Waals surface area contributed by atoms with Gasteiger partial charge in [-0.25, -0.2) is 14.5 Å². The average Bonchev–Trinajstić information content (AvgIpc) is 2.53. The molecule has 0 aliphatic carbocycles. The molecule has 0 aromatic heterocycles. The third-order valence-corrected chi connectivity index (χ3v) is 3.73. The highest BCUT2D eigenvalue weighted by Gasteiger charge is 2.33. The fraction of sp³-hybridized carbons (Fsp3) is 0.737.